The zero-order valence-corrected chi connectivity index (χ0v) is 9.58. The summed E-state index contributed by atoms with van der Waals surface area (Å²) in [6.45, 7) is 5.98. The average Bonchev–Trinajstić information content (AvgIpc) is 2.13. The van der Waals surface area contributed by atoms with Crippen LogP contribution in [0.4, 0.5) is 4.79 Å². The van der Waals surface area contributed by atoms with Crippen molar-refractivity contribution >= 4 is 12.0 Å². The summed E-state index contributed by atoms with van der Waals surface area (Å²) in [7, 11) is 0. The molecule has 0 saturated carbocycles. The Balaban J connectivity index is 3.95. The van der Waals surface area contributed by atoms with Crippen LogP contribution in [0.15, 0.2) is 0 Å². The van der Waals surface area contributed by atoms with Crippen LogP contribution >= 0.6 is 0 Å². The molecule has 3 N–H and O–H groups in total. The lowest BCUT2D eigenvalue weighted by atomic mass is 10.0. The third-order valence-corrected chi connectivity index (χ3v) is 1.98. The summed E-state index contributed by atoms with van der Waals surface area (Å²) in [5, 5.41) is 2.44. The second kappa shape index (κ2) is 7.09. The van der Waals surface area contributed by atoms with Gasteiger partial charge < -0.3 is 15.8 Å². The fourth-order valence-electron chi connectivity index (χ4n) is 1.04. The number of nitrogens with two attached hydrogens (primary N) is 1. The maximum absolute atomic E-state index is 11.2. The van der Waals surface area contributed by atoms with Gasteiger partial charge in [-0.2, -0.15) is 0 Å². The van der Waals surface area contributed by atoms with E-state index in [0.717, 1.165) is 12.8 Å². The van der Waals surface area contributed by atoms with Crippen molar-refractivity contribution in [2.75, 3.05) is 6.61 Å². The molecule has 0 spiro atoms. The van der Waals surface area contributed by atoms with E-state index in [9.17, 15) is 9.59 Å². The van der Waals surface area contributed by atoms with E-state index in [2.05, 4.69) is 5.32 Å². The Morgan fingerprint density at radius 2 is 2.00 bits per heavy atom. The molecule has 0 saturated heterocycles. The lowest BCUT2D eigenvalue weighted by molar-refractivity contribution is -0.120. The van der Waals surface area contributed by atoms with E-state index in [1.807, 2.05) is 20.8 Å². The number of amides is 2. The minimum absolute atomic E-state index is 0.0405. The minimum Gasteiger partial charge on any atom is -0.450 e. The van der Waals surface area contributed by atoms with Gasteiger partial charge in [-0.15, -0.1) is 0 Å². The van der Waals surface area contributed by atoms with E-state index in [-0.39, 0.29) is 5.92 Å². The van der Waals surface area contributed by atoms with Crippen LogP contribution in [0.2, 0.25) is 0 Å². The lowest BCUT2D eigenvalue weighted by Crippen LogP contribution is -2.47. The van der Waals surface area contributed by atoms with E-state index < -0.39 is 18.0 Å². The molecule has 0 rings (SSSR count). The average molecular weight is 216 g/mol. The Bertz CT molecular complexity index is 217. The van der Waals surface area contributed by atoms with Crippen LogP contribution in [0.25, 0.3) is 0 Å². The maximum atomic E-state index is 11.2. The van der Waals surface area contributed by atoms with Gasteiger partial charge in [-0.05, 0) is 12.3 Å². The lowest BCUT2D eigenvalue weighted by Gasteiger charge is -2.18. The van der Waals surface area contributed by atoms with Gasteiger partial charge in [0.15, 0.2) is 0 Å². The molecule has 5 nitrogen and oxygen atoms in total. The Labute approximate surface area is 90.4 Å². The van der Waals surface area contributed by atoms with Crippen molar-refractivity contribution in [3.05, 3.63) is 0 Å². The zero-order chi connectivity index (χ0) is 11.8. The van der Waals surface area contributed by atoms with Crippen LogP contribution in [0, 0.1) is 5.92 Å². The molecule has 0 heterocycles. The molecule has 0 aromatic carbocycles. The normalized spacial score (nSPS) is 12.3. The highest BCUT2D eigenvalue weighted by atomic mass is 16.5. The summed E-state index contributed by atoms with van der Waals surface area (Å²) in [6, 6.07) is -0.667. The van der Waals surface area contributed by atoms with Crippen LogP contribution in [0.3, 0.4) is 0 Å². The maximum Gasteiger partial charge on any atom is 0.407 e. The van der Waals surface area contributed by atoms with Crippen molar-refractivity contribution in [3.63, 3.8) is 0 Å². The molecule has 1 atom stereocenters. The fraction of sp³-hybridized carbons (Fsp3) is 0.800. The van der Waals surface area contributed by atoms with Crippen LogP contribution in [0.5, 0.6) is 0 Å². The summed E-state index contributed by atoms with van der Waals surface area (Å²) >= 11 is 0. The predicted molar refractivity (Wildman–Crippen MR) is 57.2 cm³/mol. The smallest absolute Gasteiger partial charge is 0.407 e. The summed E-state index contributed by atoms with van der Waals surface area (Å²) in [4.78, 5) is 22.2. The predicted octanol–water partition coefficient (Wildman–Crippen LogP) is 1.02. The number of nitrogens with one attached hydrogen (secondary N) is 1. The third kappa shape index (κ3) is 5.93. The number of unbranched alkanes of at least 4 members (excludes halogenated alkanes) is 1. The van der Waals surface area contributed by atoms with Gasteiger partial charge >= 0.3 is 6.09 Å². The highest BCUT2D eigenvalue weighted by Gasteiger charge is 2.21. The summed E-state index contributed by atoms with van der Waals surface area (Å²) < 4.78 is 4.86. The number of ether oxygens (including phenoxy) is 1. The van der Waals surface area contributed by atoms with Crippen molar-refractivity contribution in [2.24, 2.45) is 11.7 Å². The Morgan fingerprint density at radius 3 is 2.40 bits per heavy atom. The van der Waals surface area contributed by atoms with E-state index in [1.165, 1.54) is 0 Å². The molecule has 88 valence electrons. The molecule has 1 unspecified atom stereocenters. The van der Waals surface area contributed by atoms with Gasteiger partial charge in [0.2, 0.25) is 5.91 Å². The number of carbonyl (C=O) groups is 2. The van der Waals surface area contributed by atoms with Crippen LogP contribution in [-0.2, 0) is 9.53 Å². The van der Waals surface area contributed by atoms with E-state index in [1.54, 1.807) is 0 Å². The van der Waals surface area contributed by atoms with Gasteiger partial charge in [-0.25, -0.2) is 4.79 Å². The van der Waals surface area contributed by atoms with Crippen molar-refractivity contribution in [1.82, 2.24) is 5.32 Å². The Hall–Kier alpha value is -1.26. The highest BCUT2D eigenvalue weighted by Crippen LogP contribution is 2.01. The number of alkyl carbamates (subject to hydrolysis) is 1. The fourth-order valence-corrected chi connectivity index (χ4v) is 1.04. The second-order valence-electron chi connectivity index (χ2n) is 3.76. The van der Waals surface area contributed by atoms with Gasteiger partial charge in [0.1, 0.15) is 6.04 Å². The zero-order valence-electron chi connectivity index (χ0n) is 9.58. The summed E-state index contributed by atoms with van der Waals surface area (Å²) in [5.74, 6) is -0.585. The molecule has 0 aromatic heterocycles. The first kappa shape index (κ1) is 13.7. The molecule has 0 aliphatic rings. The molecule has 5 heteroatoms. The van der Waals surface area contributed by atoms with E-state index in [4.69, 9.17) is 10.5 Å². The molecule has 0 aliphatic carbocycles. The second-order valence-corrected chi connectivity index (χ2v) is 3.76. The molecule has 0 bridgehead atoms. The first-order valence-electron chi connectivity index (χ1n) is 5.21. The standard InChI is InChI=1S/C10H20N2O3/c1-4-5-6-15-10(14)12-8(7(2)3)9(11)13/h7-8H,4-6H2,1-3H3,(H2,11,13)(H,12,14). The molecule has 2 amide bonds. The molecule has 0 fully saturated rings. The van der Waals surface area contributed by atoms with Gasteiger partial charge in [-0.1, -0.05) is 27.2 Å². The van der Waals surface area contributed by atoms with Crippen molar-refractivity contribution in [1.29, 1.82) is 0 Å². The van der Waals surface area contributed by atoms with Gasteiger partial charge in [0.25, 0.3) is 0 Å². The van der Waals surface area contributed by atoms with E-state index >= 15 is 0 Å². The topological polar surface area (TPSA) is 81.4 Å². The van der Waals surface area contributed by atoms with Crippen molar-refractivity contribution in [2.45, 2.75) is 39.7 Å². The van der Waals surface area contributed by atoms with Crippen molar-refractivity contribution < 1.29 is 14.3 Å². The largest absolute Gasteiger partial charge is 0.450 e. The third-order valence-electron chi connectivity index (χ3n) is 1.98. The van der Waals surface area contributed by atoms with Crippen molar-refractivity contribution in [3.8, 4) is 0 Å². The summed E-state index contributed by atoms with van der Waals surface area (Å²) in [6.07, 6.45) is 1.19. The van der Waals surface area contributed by atoms with Gasteiger partial charge in [0.05, 0.1) is 6.61 Å². The summed E-state index contributed by atoms with van der Waals surface area (Å²) in [5.41, 5.74) is 5.13. The first-order valence-corrected chi connectivity index (χ1v) is 5.21. The molecular formula is C10H20N2O3. The quantitative estimate of drug-likeness (QED) is 0.650. The molecule has 0 radical (unpaired) electrons. The molecule has 0 aliphatic heterocycles. The number of primary amides is 1. The Morgan fingerprint density at radius 1 is 1.40 bits per heavy atom. The SMILES string of the molecule is CCCCOC(=O)NC(C(N)=O)C(C)C. The van der Waals surface area contributed by atoms with Crippen LogP contribution < -0.4 is 11.1 Å². The number of hydrogen-bond donors (Lipinski definition) is 2. The molecule has 0 aromatic rings. The Kier molecular flexibility index (Phi) is 6.49. The van der Waals surface area contributed by atoms with Gasteiger partial charge in [0, 0.05) is 0 Å². The van der Waals surface area contributed by atoms with Crippen LogP contribution in [-0.4, -0.2) is 24.6 Å². The van der Waals surface area contributed by atoms with Crippen LogP contribution in [0.1, 0.15) is 33.6 Å². The highest BCUT2D eigenvalue weighted by molar-refractivity contribution is 5.84. The van der Waals surface area contributed by atoms with Gasteiger partial charge in [-0.3, -0.25) is 4.79 Å². The molecular weight excluding hydrogens is 196 g/mol. The number of rotatable bonds is 6. The minimum atomic E-state index is -0.667. The number of hydrogen-bond acceptors (Lipinski definition) is 3. The monoisotopic (exact) mass is 216 g/mol. The number of carbonyl (C=O) groups excluding carboxylic acids is 2. The molecule has 15 heavy (non-hydrogen) atoms. The first-order chi connectivity index (χ1) is 6.99. The van der Waals surface area contributed by atoms with E-state index in [0.29, 0.717) is 6.61 Å².